The Hall–Kier alpha value is -1.84. The second-order valence-electron chi connectivity index (χ2n) is 3.45. The van der Waals surface area contributed by atoms with E-state index in [2.05, 4.69) is 23.3 Å². The number of hydrogen-bond acceptors (Lipinski definition) is 3. The van der Waals surface area contributed by atoms with Crippen molar-refractivity contribution in [1.29, 1.82) is 0 Å². The number of hydrogen-bond donors (Lipinski definition) is 1. The summed E-state index contributed by atoms with van der Waals surface area (Å²) in [5.41, 5.74) is 9.02. The van der Waals surface area contributed by atoms with Gasteiger partial charge in [-0.3, -0.25) is 0 Å². The first-order valence-corrected chi connectivity index (χ1v) is 4.99. The molecule has 0 saturated carbocycles. The number of aromatic nitrogens is 3. The zero-order valence-electron chi connectivity index (χ0n) is 8.94. The standard InChI is InChI=1S/C11H14N4/c1-3-15-10(11(12)13-14-15)9-7-5-4-6-8(9)2/h4-7H,3,12H2,1-2H3. The first kappa shape index (κ1) is 9.71. The van der Waals surface area contributed by atoms with Crippen LogP contribution in [0.3, 0.4) is 0 Å². The van der Waals surface area contributed by atoms with E-state index in [4.69, 9.17) is 5.73 Å². The topological polar surface area (TPSA) is 56.7 Å². The number of aryl methyl sites for hydroxylation is 2. The summed E-state index contributed by atoms with van der Waals surface area (Å²) in [6, 6.07) is 8.10. The van der Waals surface area contributed by atoms with E-state index < -0.39 is 0 Å². The van der Waals surface area contributed by atoms with Gasteiger partial charge in [0.15, 0.2) is 5.82 Å². The third-order valence-electron chi connectivity index (χ3n) is 2.46. The van der Waals surface area contributed by atoms with Gasteiger partial charge in [-0.15, -0.1) is 5.10 Å². The number of rotatable bonds is 2. The van der Waals surface area contributed by atoms with Gasteiger partial charge in [-0.25, -0.2) is 4.68 Å². The molecule has 0 aliphatic rings. The molecule has 4 nitrogen and oxygen atoms in total. The van der Waals surface area contributed by atoms with Crippen molar-refractivity contribution in [2.24, 2.45) is 0 Å². The Bertz CT molecular complexity index is 473. The number of nitrogens with zero attached hydrogens (tertiary/aromatic N) is 3. The molecule has 1 heterocycles. The molecule has 0 aliphatic carbocycles. The zero-order valence-corrected chi connectivity index (χ0v) is 8.94. The summed E-state index contributed by atoms with van der Waals surface area (Å²) in [6.45, 7) is 4.85. The normalized spacial score (nSPS) is 10.5. The SMILES string of the molecule is CCn1nnc(N)c1-c1ccccc1C. The molecule has 0 amide bonds. The van der Waals surface area contributed by atoms with E-state index in [0.29, 0.717) is 5.82 Å². The molecule has 78 valence electrons. The maximum atomic E-state index is 5.82. The van der Waals surface area contributed by atoms with Gasteiger partial charge in [0, 0.05) is 12.1 Å². The summed E-state index contributed by atoms with van der Waals surface area (Å²) in [5, 5.41) is 7.89. The summed E-state index contributed by atoms with van der Waals surface area (Å²) >= 11 is 0. The summed E-state index contributed by atoms with van der Waals surface area (Å²) in [5.74, 6) is 0.492. The highest BCUT2D eigenvalue weighted by Crippen LogP contribution is 2.26. The minimum absolute atomic E-state index is 0.492. The highest BCUT2D eigenvalue weighted by atomic mass is 15.4. The lowest BCUT2D eigenvalue weighted by Gasteiger charge is -2.07. The fraction of sp³-hybridized carbons (Fsp3) is 0.273. The second-order valence-corrected chi connectivity index (χ2v) is 3.45. The Balaban J connectivity index is 2.63. The maximum absolute atomic E-state index is 5.82. The van der Waals surface area contributed by atoms with E-state index in [-0.39, 0.29) is 0 Å². The third-order valence-corrected chi connectivity index (χ3v) is 2.46. The van der Waals surface area contributed by atoms with Crippen LogP contribution in [-0.4, -0.2) is 15.0 Å². The highest BCUT2D eigenvalue weighted by molar-refractivity contribution is 5.72. The summed E-state index contributed by atoms with van der Waals surface area (Å²) in [7, 11) is 0. The van der Waals surface area contributed by atoms with Crippen LogP contribution in [0.1, 0.15) is 12.5 Å². The minimum atomic E-state index is 0.492. The van der Waals surface area contributed by atoms with Gasteiger partial charge in [0.05, 0.1) is 0 Å². The molecule has 0 bridgehead atoms. The molecule has 0 aliphatic heterocycles. The molecule has 1 aromatic heterocycles. The van der Waals surface area contributed by atoms with Gasteiger partial charge < -0.3 is 5.73 Å². The van der Waals surface area contributed by atoms with E-state index in [9.17, 15) is 0 Å². The average Bonchev–Trinajstić information content (AvgIpc) is 2.60. The Morgan fingerprint density at radius 2 is 2.07 bits per heavy atom. The molecular weight excluding hydrogens is 188 g/mol. The second kappa shape index (κ2) is 3.73. The molecule has 15 heavy (non-hydrogen) atoms. The fourth-order valence-electron chi connectivity index (χ4n) is 1.66. The molecule has 0 radical (unpaired) electrons. The van der Waals surface area contributed by atoms with Crippen molar-refractivity contribution < 1.29 is 0 Å². The van der Waals surface area contributed by atoms with Crippen molar-refractivity contribution in [2.75, 3.05) is 5.73 Å². The molecule has 2 N–H and O–H groups in total. The Morgan fingerprint density at radius 1 is 1.33 bits per heavy atom. The van der Waals surface area contributed by atoms with Gasteiger partial charge >= 0.3 is 0 Å². The van der Waals surface area contributed by atoms with Gasteiger partial charge in [-0.2, -0.15) is 0 Å². The smallest absolute Gasteiger partial charge is 0.174 e. The Labute approximate surface area is 88.7 Å². The summed E-state index contributed by atoms with van der Waals surface area (Å²) in [6.07, 6.45) is 0. The number of nitrogens with two attached hydrogens (primary N) is 1. The Morgan fingerprint density at radius 3 is 2.73 bits per heavy atom. The van der Waals surface area contributed by atoms with Crippen LogP contribution in [0.2, 0.25) is 0 Å². The molecule has 1 aromatic carbocycles. The van der Waals surface area contributed by atoms with Crippen molar-refractivity contribution in [1.82, 2.24) is 15.0 Å². The van der Waals surface area contributed by atoms with Crippen molar-refractivity contribution >= 4 is 5.82 Å². The molecule has 0 unspecified atom stereocenters. The monoisotopic (exact) mass is 202 g/mol. The van der Waals surface area contributed by atoms with E-state index >= 15 is 0 Å². The van der Waals surface area contributed by atoms with Gasteiger partial charge in [0.2, 0.25) is 0 Å². The lowest BCUT2D eigenvalue weighted by atomic mass is 10.1. The van der Waals surface area contributed by atoms with Crippen LogP contribution in [0.4, 0.5) is 5.82 Å². The van der Waals surface area contributed by atoms with Crippen LogP contribution in [0.25, 0.3) is 11.3 Å². The fourth-order valence-corrected chi connectivity index (χ4v) is 1.66. The molecular formula is C11H14N4. The van der Waals surface area contributed by atoms with Gasteiger partial charge in [0.25, 0.3) is 0 Å². The lowest BCUT2D eigenvalue weighted by molar-refractivity contribution is 0.632. The molecule has 4 heteroatoms. The van der Waals surface area contributed by atoms with E-state index in [1.54, 1.807) is 0 Å². The van der Waals surface area contributed by atoms with E-state index in [1.807, 2.05) is 29.8 Å². The predicted molar refractivity (Wildman–Crippen MR) is 60.3 cm³/mol. The van der Waals surface area contributed by atoms with Crippen LogP contribution in [-0.2, 0) is 6.54 Å². The van der Waals surface area contributed by atoms with Crippen LogP contribution in [0.15, 0.2) is 24.3 Å². The van der Waals surface area contributed by atoms with Crippen LogP contribution in [0, 0.1) is 6.92 Å². The minimum Gasteiger partial charge on any atom is -0.380 e. The van der Waals surface area contributed by atoms with Gasteiger partial charge in [0.1, 0.15) is 5.69 Å². The van der Waals surface area contributed by atoms with Crippen molar-refractivity contribution in [2.45, 2.75) is 20.4 Å². The van der Waals surface area contributed by atoms with Crippen LogP contribution >= 0.6 is 0 Å². The van der Waals surface area contributed by atoms with Crippen LogP contribution in [0.5, 0.6) is 0 Å². The quantitative estimate of drug-likeness (QED) is 0.808. The molecule has 0 atom stereocenters. The number of nitrogen functional groups attached to an aromatic ring is 1. The largest absolute Gasteiger partial charge is 0.380 e. The molecule has 2 rings (SSSR count). The van der Waals surface area contributed by atoms with Crippen molar-refractivity contribution in [3.05, 3.63) is 29.8 Å². The van der Waals surface area contributed by atoms with Crippen molar-refractivity contribution in [3.8, 4) is 11.3 Å². The first-order chi connectivity index (χ1) is 7.24. The van der Waals surface area contributed by atoms with Crippen LogP contribution < -0.4 is 5.73 Å². The number of benzene rings is 1. The first-order valence-electron chi connectivity index (χ1n) is 4.99. The van der Waals surface area contributed by atoms with Crippen molar-refractivity contribution in [3.63, 3.8) is 0 Å². The summed E-state index contributed by atoms with van der Waals surface area (Å²) in [4.78, 5) is 0. The third kappa shape index (κ3) is 1.58. The number of anilines is 1. The molecule has 0 fully saturated rings. The summed E-state index contributed by atoms with van der Waals surface area (Å²) < 4.78 is 1.82. The Kier molecular flexibility index (Phi) is 2.41. The highest BCUT2D eigenvalue weighted by Gasteiger charge is 2.12. The molecule has 2 aromatic rings. The van der Waals surface area contributed by atoms with Gasteiger partial charge in [-0.05, 0) is 19.4 Å². The van der Waals surface area contributed by atoms with E-state index in [1.165, 1.54) is 5.56 Å². The lowest BCUT2D eigenvalue weighted by Crippen LogP contribution is -2.01. The van der Waals surface area contributed by atoms with E-state index in [0.717, 1.165) is 17.8 Å². The zero-order chi connectivity index (χ0) is 10.8. The van der Waals surface area contributed by atoms with Gasteiger partial charge in [-0.1, -0.05) is 29.5 Å². The predicted octanol–water partition coefficient (Wildman–Crippen LogP) is 1.86. The molecule has 0 spiro atoms. The molecule has 0 saturated heterocycles. The average molecular weight is 202 g/mol. The maximum Gasteiger partial charge on any atom is 0.174 e.